The number of hydrogen-bond donors (Lipinski definition) is 2. The molecular formula is C19H19ClF3N3O3S. The van der Waals surface area contributed by atoms with Gasteiger partial charge in [0.1, 0.15) is 17.5 Å². The Morgan fingerprint density at radius 3 is 2.47 bits per heavy atom. The molecule has 2 aromatic rings. The summed E-state index contributed by atoms with van der Waals surface area (Å²) in [5.41, 5.74) is 0.316. The van der Waals surface area contributed by atoms with Crippen LogP contribution >= 0.6 is 11.6 Å². The molecule has 2 atom stereocenters. The lowest BCUT2D eigenvalue weighted by Gasteiger charge is -2.40. The van der Waals surface area contributed by atoms with E-state index in [0.717, 1.165) is 0 Å². The highest BCUT2D eigenvalue weighted by atomic mass is 35.5. The van der Waals surface area contributed by atoms with Crippen LogP contribution in [0.5, 0.6) is 0 Å². The van der Waals surface area contributed by atoms with E-state index in [1.165, 1.54) is 18.2 Å². The predicted octanol–water partition coefficient (Wildman–Crippen LogP) is 3.65. The van der Waals surface area contributed by atoms with Crippen molar-refractivity contribution in [2.75, 3.05) is 24.4 Å². The molecule has 0 aromatic heterocycles. The number of rotatable bonds is 5. The van der Waals surface area contributed by atoms with Crippen molar-refractivity contribution in [1.82, 2.24) is 9.80 Å². The maximum Gasteiger partial charge on any atom is 0.259 e. The van der Waals surface area contributed by atoms with Gasteiger partial charge in [0.2, 0.25) is 0 Å². The summed E-state index contributed by atoms with van der Waals surface area (Å²) in [5.74, 6) is -3.17. The first kappa shape index (κ1) is 22.5. The molecule has 0 radical (unpaired) electrons. The molecule has 1 fully saturated rings. The molecule has 11 heteroatoms. The van der Waals surface area contributed by atoms with E-state index in [4.69, 9.17) is 16.2 Å². The molecule has 162 valence electrons. The van der Waals surface area contributed by atoms with Gasteiger partial charge in [-0.2, -0.15) is 0 Å². The number of halogens is 4. The Morgan fingerprint density at radius 2 is 1.90 bits per heavy atom. The fourth-order valence-electron chi connectivity index (χ4n) is 3.43. The van der Waals surface area contributed by atoms with E-state index in [1.54, 1.807) is 16.7 Å². The summed E-state index contributed by atoms with van der Waals surface area (Å²) >= 11 is 3.90. The summed E-state index contributed by atoms with van der Waals surface area (Å²) in [6.45, 7) is 2.81. The average Bonchev–Trinajstić information content (AvgIpc) is 2.64. The van der Waals surface area contributed by atoms with Gasteiger partial charge in [-0.1, -0.05) is 11.6 Å². The number of amides is 1. The number of anilines is 1. The average molecular weight is 462 g/mol. The van der Waals surface area contributed by atoms with E-state index in [0.29, 0.717) is 37.5 Å². The first-order valence-electron chi connectivity index (χ1n) is 8.99. The summed E-state index contributed by atoms with van der Waals surface area (Å²) in [4.78, 5) is 16.3. The van der Waals surface area contributed by atoms with Crippen molar-refractivity contribution in [1.29, 1.82) is 0 Å². The van der Waals surface area contributed by atoms with Gasteiger partial charge in [0, 0.05) is 55.6 Å². The molecule has 0 spiro atoms. The van der Waals surface area contributed by atoms with Crippen LogP contribution in [0, 0.1) is 17.5 Å². The van der Waals surface area contributed by atoms with Gasteiger partial charge < -0.3 is 4.90 Å². The summed E-state index contributed by atoms with van der Waals surface area (Å²) in [5, 5.41) is 0.125. The van der Waals surface area contributed by atoms with Crippen molar-refractivity contribution in [2.24, 2.45) is 0 Å². The Labute approximate surface area is 179 Å². The molecule has 2 N–H and O–H groups in total. The fraction of sp³-hybridized carbons (Fsp3) is 0.316. The largest absolute Gasteiger partial charge is 0.333 e. The smallest absolute Gasteiger partial charge is 0.259 e. The normalized spacial score (nSPS) is 18.3. The Balaban J connectivity index is 1.68. The zero-order valence-electron chi connectivity index (χ0n) is 15.9. The number of hydrogen-bond acceptors (Lipinski definition) is 3. The summed E-state index contributed by atoms with van der Waals surface area (Å²) < 4.78 is 62.9. The van der Waals surface area contributed by atoms with Crippen molar-refractivity contribution in [3.05, 3.63) is 63.9 Å². The number of piperazine rings is 1. The standard InChI is InChI=1S/C19H19ClF3N3O3S/c1-11-9-25(10-15-17(22)6-12(21)7-18(15)23)4-5-26(11)19(27)14-3-2-13(8-16(14)20)24-30(28)29/h2-3,6-8,11,24H,4-5,9-10H2,1H3,(H,28,29)/t11-/m0/s1. The third-order valence-corrected chi connectivity index (χ3v) is 5.59. The maximum absolute atomic E-state index is 13.9. The van der Waals surface area contributed by atoms with Gasteiger partial charge in [0.05, 0.1) is 10.6 Å². The minimum atomic E-state index is -2.26. The van der Waals surface area contributed by atoms with Crippen LogP contribution < -0.4 is 4.72 Å². The van der Waals surface area contributed by atoms with Crippen LogP contribution in [0.2, 0.25) is 5.02 Å². The van der Waals surface area contributed by atoms with Crippen LogP contribution in [-0.2, 0) is 17.8 Å². The molecule has 1 amide bonds. The lowest BCUT2D eigenvalue weighted by molar-refractivity contribution is 0.0471. The second-order valence-corrected chi connectivity index (χ2v) is 8.09. The third-order valence-electron chi connectivity index (χ3n) is 4.86. The van der Waals surface area contributed by atoms with Crippen molar-refractivity contribution in [3.63, 3.8) is 0 Å². The zero-order valence-corrected chi connectivity index (χ0v) is 17.4. The van der Waals surface area contributed by atoms with Crippen molar-refractivity contribution in [3.8, 4) is 0 Å². The molecule has 1 saturated heterocycles. The van der Waals surface area contributed by atoms with E-state index in [9.17, 15) is 22.2 Å². The number of nitrogens with zero attached hydrogens (tertiary/aromatic N) is 2. The lowest BCUT2D eigenvalue weighted by Crippen LogP contribution is -2.53. The highest BCUT2D eigenvalue weighted by molar-refractivity contribution is 7.80. The van der Waals surface area contributed by atoms with Crippen LogP contribution in [0.4, 0.5) is 18.9 Å². The molecule has 3 rings (SSSR count). The van der Waals surface area contributed by atoms with Crippen molar-refractivity contribution >= 4 is 34.5 Å². The molecule has 1 aliphatic rings. The zero-order chi connectivity index (χ0) is 22.0. The van der Waals surface area contributed by atoms with Crippen LogP contribution in [0.15, 0.2) is 30.3 Å². The molecule has 30 heavy (non-hydrogen) atoms. The quantitative estimate of drug-likeness (QED) is 0.667. The summed E-state index contributed by atoms with van der Waals surface area (Å²) in [7, 11) is 0. The molecule has 0 saturated carbocycles. The van der Waals surface area contributed by atoms with E-state index in [-0.39, 0.29) is 34.6 Å². The fourth-order valence-corrected chi connectivity index (χ4v) is 4.02. The Bertz CT molecular complexity index is 972. The molecule has 1 aliphatic heterocycles. The van der Waals surface area contributed by atoms with Gasteiger partial charge in [-0.25, -0.2) is 17.4 Å². The van der Waals surface area contributed by atoms with Crippen LogP contribution in [0.3, 0.4) is 0 Å². The monoisotopic (exact) mass is 461 g/mol. The Kier molecular flexibility index (Phi) is 7.02. The predicted molar refractivity (Wildman–Crippen MR) is 108 cm³/mol. The second-order valence-electron chi connectivity index (χ2n) is 6.98. The molecular weight excluding hydrogens is 443 g/mol. The molecule has 1 heterocycles. The van der Waals surface area contributed by atoms with Crippen LogP contribution in [0.25, 0.3) is 0 Å². The van der Waals surface area contributed by atoms with Gasteiger partial charge in [-0.05, 0) is 25.1 Å². The van der Waals surface area contributed by atoms with Crippen LogP contribution in [-0.4, -0.2) is 50.1 Å². The number of nitrogens with one attached hydrogen (secondary N) is 1. The molecule has 6 nitrogen and oxygen atoms in total. The molecule has 2 aromatic carbocycles. The maximum atomic E-state index is 13.9. The minimum absolute atomic E-state index is 0.0380. The van der Waals surface area contributed by atoms with Crippen molar-refractivity contribution < 1.29 is 26.7 Å². The van der Waals surface area contributed by atoms with Gasteiger partial charge in [0.25, 0.3) is 17.2 Å². The van der Waals surface area contributed by atoms with Gasteiger partial charge in [-0.15, -0.1) is 0 Å². The molecule has 0 aliphatic carbocycles. The summed E-state index contributed by atoms with van der Waals surface area (Å²) in [6.07, 6.45) is 0. The van der Waals surface area contributed by atoms with Crippen molar-refractivity contribution in [2.45, 2.75) is 19.5 Å². The Morgan fingerprint density at radius 1 is 1.23 bits per heavy atom. The molecule has 1 unspecified atom stereocenters. The SMILES string of the molecule is C[C@H]1CN(Cc2c(F)cc(F)cc2F)CCN1C(=O)c1ccc(NS(=O)O)cc1Cl. The lowest BCUT2D eigenvalue weighted by atomic mass is 10.1. The van der Waals surface area contributed by atoms with Gasteiger partial charge >= 0.3 is 0 Å². The van der Waals surface area contributed by atoms with Gasteiger partial charge in [0.15, 0.2) is 0 Å². The second kappa shape index (κ2) is 9.34. The number of carbonyl (C=O) groups is 1. The van der Waals surface area contributed by atoms with E-state index >= 15 is 0 Å². The third kappa shape index (κ3) is 5.12. The van der Waals surface area contributed by atoms with Gasteiger partial charge in [-0.3, -0.25) is 19.0 Å². The summed E-state index contributed by atoms with van der Waals surface area (Å²) in [6, 6.07) is 5.33. The highest BCUT2D eigenvalue weighted by Crippen LogP contribution is 2.25. The van der Waals surface area contributed by atoms with E-state index in [1.807, 2.05) is 0 Å². The van der Waals surface area contributed by atoms with E-state index in [2.05, 4.69) is 4.72 Å². The first-order chi connectivity index (χ1) is 14.2. The Hall–Kier alpha value is -2.14. The minimum Gasteiger partial charge on any atom is -0.333 e. The number of carbonyl (C=O) groups excluding carboxylic acids is 1. The topological polar surface area (TPSA) is 72.9 Å². The molecule has 0 bridgehead atoms. The van der Waals surface area contributed by atoms with Crippen LogP contribution in [0.1, 0.15) is 22.8 Å². The highest BCUT2D eigenvalue weighted by Gasteiger charge is 2.30. The number of benzene rings is 2. The first-order valence-corrected chi connectivity index (χ1v) is 10.5. The van der Waals surface area contributed by atoms with E-state index < -0.39 is 28.7 Å².